The number of hydrogen-bond donors (Lipinski definition) is 3. The highest BCUT2D eigenvalue weighted by Crippen LogP contribution is 2.41. The molecule has 1 aromatic rings. The molecule has 0 aromatic heterocycles. The number of rotatable bonds is 6. The van der Waals surface area contributed by atoms with Crippen LogP contribution in [-0.2, 0) is 9.84 Å². The number of benzene rings is 1. The average molecular weight is 476 g/mol. The number of nitrogens with one attached hydrogen (secondary N) is 2. The van der Waals surface area contributed by atoms with Gasteiger partial charge in [0.15, 0.2) is 15.6 Å². The van der Waals surface area contributed by atoms with Crippen LogP contribution in [0, 0.1) is 0 Å². The van der Waals surface area contributed by atoms with E-state index in [0.29, 0.717) is 18.0 Å². The summed E-state index contributed by atoms with van der Waals surface area (Å²) in [5.74, 6) is -0.569. The molecule has 1 aliphatic heterocycles. The molecule has 0 bridgehead atoms. The third-order valence-electron chi connectivity index (χ3n) is 5.56. The zero-order chi connectivity index (χ0) is 22.1. The lowest BCUT2D eigenvalue weighted by atomic mass is 10.2. The van der Waals surface area contributed by atoms with Crippen LogP contribution in [0.3, 0.4) is 0 Å². The number of anilines is 1. The molecule has 2 amide bonds. The zero-order valence-corrected chi connectivity index (χ0v) is 19.4. The monoisotopic (exact) mass is 475 g/mol. The fourth-order valence-electron chi connectivity index (χ4n) is 3.87. The number of carbonyl (C=O) groups is 1. The highest BCUT2D eigenvalue weighted by atomic mass is 35.5. The van der Waals surface area contributed by atoms with Crippen LogP contribution in [0.4, 0.5) is 10.5 Å². The second-order valence-corrected chi connectivity index (χ2v) is 11.7. The maximum Gasteiger partial charge on any atom is 0.319 e. The molecule has 10 heteroatoms. The number of aromatic hydroxyl groups is 1. The molecule has 1 saturated heterocycles. The number of hydrogen-bond acceptors (Lipinski definition) is 5. The summed E-state index contributed by atoms with van der Waals surface area (Å²) in [7, 11) is -4.00. The van der Waals surface area contributed by atoms with Crippen molar-refractivity contribution < 1.29 is 18.3 Å². The summed E-state index contributed by atoms with van der Waals surface area (Å²) < 4.78 is 25.7. The number of amides is 2. The van der Waals surface area contributed by atoms with Gasteiger partial charge < -0.3 is 20.6 Å². The van der Waals surface area contributed by atoms with Gasteiger partial charge in [-0.1, -0.05) is 29.3 Å². The Morgan fingerprint density at radius 2 is 1.93 bits per heavy atom. The third kappa shape index (κ3) is 4.72. The van der Waals surface area contributed by atoms with Crippen LogP contribution in [0.2, 0.25) is 5.02 Å². The van der Waals surface area contributed by atoms with Gasteiger partial charge in [-0.15, -0.1) is 0 Å². The van der Waals surface area contributed by atoms with E-state index >= 15 is 0 Å². The Morgan fingerprint density at radius 3 is 2.53 bits per heavy atom. The van der Waals surface area contributed by atoms with E-state index in [2.05, 4.69) is 15.5 Å². The summed E-state index contributed by atoms with van der Waals surface area (Å²) >= 11 is 12.2. The van der Waals surface area contributed by atoms with Crippen LogP contribution in [0.5, 0.6) is 5.75 Å². The summed E-state index contributed by atoms with van der Waals surface area (Å²) in [5, 5.41) is 16.4. The number of allylic oxidation sites excluding steroid dienone is 1. The van der Waals surface area contributed by atoms with Gasteiger partial charge in [0.1, 0.15) is 4.90 Å². The van der Waals surface area contributed by atoms with Crippen molar-refractivity contribution in [3.05, 3.63) is 28.3 Å². The molecule has 0 spiro atoms. The molecular weight excluding hydrogens is 449 g/mol. The number of likely N-dealkylation sites (tertiary alicyclic amines) is 1. The average Bonchev–Trinajstić information content (AvgIpc) is 3.29. The first-order chi connectivity index (χ1) is 14.0. The van der Waals surface area contributed by atoms with Crippen LogP contribution in [0.25, 0.3) is 0 Å². The third-order valence-corrected chi connectivity index (χ3v) is 8.94. The largest absolute Gasteiger partial charge is 0.504 e. The number of sulfone groups is 1. The Hall–Kier alpha value is -1.48. The summed E-state index contributed by atoms with van der Waals surface area (Å²) in [4.78, 5) is 14.1. The molecule has 3 rings (SSSR count). The van der Waals surface area contributed by atoms with E-state index in [1.165, 1.54) is 12.1 Å². The minimum atomic E-state index is -4.00. The van der Waals surface area contributed by atoms with Crippen LogP contribution in [0.15, 0.2) is 28.1 Å². The molecule has 1 heterocycles. The second kappa shape index (κ2) is 8.94. The highest BCUT2D eigenvalue weighted by Gasteiger charge is 2.41. The summed E-state index contributed by atoms with van der Waals surface area (Å²) in [6, 6.07) is 1.84. The normalized spacial score (nSPS) is 20.3. The Balaban J connectivity index is 1.84. The van der Waals surface area contributed by atoms with E-state index in [1.807, 2.05) is 6.08 Å². The van der Waals surface area contributed by atoms with Gasteiger partial charge in [0.2, 0.25) is 0 Å². The molecule has 3 N–H and O–H groups in total. The molecule has 166 valence electrons. The van der Waals surface area contributed by atoms with E-state index in [0.717, 1.165) is 32.4 Å². The van der Waals surface area contributed by atoms with Gasteiger partial charge in [-0.05, 0) is 64.8 Å². The lowest BCUT2D eigenvalue weighted by molar-refractivity contribution is 0.250. The van der Waals surface area contributed by atoms with Gasteiger partial charge in [-0.2, -0.15) is 0 Å². The SMILES string of the molecule is CC(C)(CN1CCCC1)S(=O)(=O)c1c(Cl)ccc(NC(=O)NC2CCC=C2Cl)c1O. The van der Waals surface area contributed by atoms with Crippen molar-refractivity contribution in [1.82, 2.24) is 10.2 Å². The Kier molecular flexibility index (Phi) is 6.91. The molecule has 2 aliphatic rings. The van der Waals surface area contributed by atoms with Crippen molar-refractivity contribution in [3.63, 3.8) is 0 Å². The lowest BCUT2D eigenvalue weighted by Gasteiger charge is -2.30. The van der Waals surface area contributed by atoms with Gasteiger partial charge in [0.25, 0.3) is 0 Å². The van der Waals surface area contributed by atoms with Gasteiger partial charge in [-0.25, -0.2) is 13.2 Å². The zero-order valence-electron chi connectivity index (χ0n) is 17.0. The van der Waals surface area contributed by atoms with Crippen molar-refractivity contribution in [2.24, 2.45) is 0 Å². The van der Waals surface area contributed by atoms with Gasteiger partial charge in [-0.3, -0.25) is 0 Å². The van der Waals surface area contributed by atoms with E-state index in [9.17, 15) is 18.3 Å². The quantitative estimate of drug-likeness (QED) is 0.537. The van der Waals surface area contributed by atoms with Crippen LogP contribution < -0.4 is 10.6 Å². The van der Waals surface area contributed by atoms with E-state index < -0.39 is 26.4 Å². The lowest BCUT2D eigenvalue weighted by Crippen LogP contribution is -2.43. The standard InChI is InChI=1S/C20H27Cl2N3O4S/c1-20(2,12-25-10-3-4-11-25)30(28,29)18-14(22)8-9-16(17(18)26)24-19(27)23-15-7-5-6-13(15)21/h6,8-9,15,26H,3-5,7,10-12H2,1-2H3,(H2,23,24,27). The molecule has 1 unspecified atom stereocenters. The maximum atomic E-state index is 13.4. The van der Waals surface area contributed by atoms with Crippen LogP contribution in [0.1, 0.15) is 39.5 Å². The fraction of sp³-hybridized carbons (Fsp3) is 0.550. The minimum absolute atomic E-state index is 0.0365. The van der Waals surface area contributed by atoms with Crippen LogP contribution >= 0.6 is 23.2 Å². The molecule has 1 atom stereocenters. The Labute approximate surface area is 187 Å². The van der Waals surface area contributed by atoms with E-state index in [1.54, 1.807) is 13.8 Å². The maximum absolute atomic E-state index is 13.4. The summed E-state index contributed by atoms with van der Waals surface area (Å²) in [6.07, 6.45) is 5.36. The number of carbonyl (C=O) groups excluding carboxylic acids is 1. The molecular formula is C20H27Cl2N3O4S. The Morgan fingerprint density at radius 1 is 1.27 bits per heavy atom. The number of phenolic OH excluding ortho intramolecular Hbond substituents is 1. The number of halogens is 2. The van der Waals surface area contributed by atoms with Crippen molar-refractivity contribution in [3.8, 4) is 5.75 Å². The summed E-state index contributed by atoms with van der Waals surface area (Å²) in [5.41, 5.74) is -0.0365. The Bertz CT molecular complexity index is 957. The van der Waals surface area contributed by atoms with Crippen molar-refractivity contribution in [1.29, 1.82) is 0 Å². The number of nitrogens with zero attached hydrogens (tertiary/aromatic N) is 1. The molecule has 7 nitrogen and oxygen atoms in total. The number of phenols is 1. The predicted molar refractivity (Wildman–Crippen MR) is 119 cm³/mol. The van der Waals surface area contributed by atoms with Gasteiger partial charge >= 0.3 is 6.03 Å². The molecule has 0 saturated carbocycles. The van der Waals surface area contributed by atoms with Crippen LogP contribution in [-0.4, -0.2) is 54.9 Å². The van der Waals surface area contributed by atoms with Crippen molar-refractivity contribution in [2.45, 2.75) is 55.2 Å². The smallest absolute Gasteiger partial charge is 0.319 e. The molecule has 1 aliphatic carbocycles. The summed E-state index contributed by atoms with van der Waals surface area (Å²) in [6.45, 7) is 5.27. The minimum Gasteiger partial charge on any atom is -0.504 e. The second-order valence-electron chi connectivity index (χ2n) is 8.34. The van der Waals surface area contributed by atoms with Crippen molar-refractivity contribution >= 4 is 44.8 Å². The fourth-order valence-corrected chi connectivity index (χ4v) is 6.19. The first kappa shape index (κ1) is 23.2. The predicted octanol–water partition coefficient (Wildman–Crippen LogP) is 4.10. The van der Waals surface area contributed by atoms with Gasteiger partial charge in [0, 0.05) is 11.6 Å². The molecule has 30 heavy (non-hydrogen) atoms. The van der Waals surface area contributed by atoms with Gasteiger partial charge in [0.05, 0.1) is 21.5 Å². The first-order valence-corrected chi connectivity index (χ1v) is 12.2. The topological polar surface area (TPSA) is 98.7 Å². The molecule has 1 fully saturated rings. The molecule has 1 aromatic carbocycles. The molecule has 0 radical (unpaired) electrons. The van der Waals surface area contributed by atoms with E-state index in [4.69, 9.17) is 23.2 Å². The van der Waals surface area contributed by atoms with E-state index in [-0.39, 0.29) is 21.6 Å². The number of urea groups is 1. The van der Waals surface area contributed by atoms with Crippen molar-refractivity contribution in [2.75, 3.05) is 25.0 Å². The first-order valence-electron chi connectivity index (χ1n) is 9.94. The highest BCUT2D eigenvalue weighted by molar-refractivity contribution is 7.93.